The van der Waals surface area contributed by atoms with E-state index in [1.165, 1.54) is 0 Å². The van der Waals surface area contributed by atoms with Gasteiger partial charge in [0.15, 0.2) is 6.61 Å². The molecule has 5 rings (SSSR count). The molecule has 3 aliphatic carbocycles. The van der Waals surface area contributed by atoms with Crippen molar-refractivity contribution in [3.8, 4) is 5.75 Å². The highest BCUT2D eigenvalue weighted by Crippen LogP contribution is 2.47. The van der Waals surface area contributed by atoms with E-state index in [1.54, 1.807) is 25.3 Å². The van der Waals surface area contributed by atoms with Gasteiger partial charge in [0.2, 0.25) is 5.91 Å². The summed E-state index contributed by atoms with van der Waals surface area (Å²) in [6, 6.07) is 4.95. The maximum atomic E-state index is 13.2. The zero-order valence-corrected chi connectivity index (χ0v) is 21.5. The number of hydrogen-bond acceptors (Lipinski definition) is 5. The van der Waals surface area contributed by atoms with Crippen LogP contribution in [-0.4, -0.2) is 68.3 Å². The molecule has 2 unspecified atom stereocenters. The number of rotatable bonds is 8. The molecule has 34 heavy (non-hydrogen) atoms. The van der Waals surface area contributed by atoms with Crippen molar-refractivity contribution in [2.75, 3.05) is 40.5 Å². The van der Waals surface area contributed by atoms with Crippen LogP contribution in [0.3, 0.4) is 0 Å². The van der Waals surface area contributed by atoms with Gasteiger partial charge in [-0.05, 0) is 70.0 Å². The van der Waals surface area contributed by atoms with E-state index in [0.717, 1.165) is 58.0 Å². The molecular weight excluding hydrogens is 477 g/mol. The summed E-state index contributed by atoms with van der Waals surface area (Å²) in [6.07, 6.45) is 6.12. The van der Waals surface area contributed by atoms with Crippen molar-refractivity contribution < 1.29 is 19.1 Å². The molecule has 2 N–H and O–H groups in total. The van der Waals surface area contributed by atoms with Gasteiger partial charge in [0.05, 0.1) is 22.6 Å². The van der Waals surface area contributed by atoms with E-state index >= 15 is 0 Å². The maximum Gasteiger partial charge on any atom is 0.258 e. The van der Waals surface area contributed by atoms with Crippen LogP contribution in [-0.2, 0) is 14.3 Å². The van der Waals surface area contributed by atoms with Gasteiger partial charge in [0.1, 0.15) is 5.75 Å². The highest BCUT2D eigenvalue weighted by molar-refractivity contribution is 6.42. The fraction of sp³-hybridized carbons (Fsp3) is 0.680. The van der Waals surface area contributed by atoms with E-state index in [2.05, 4.69) is 22.6 Å². The Balaban J connectivity index is 1.26. The summed E-state index contributed by atoms with van der Waals surface area (Å²) in [4.78, 5) is 28.0. The number of halogens is 2. The summed E-state index contributed by atoms with van der Waals surface area (Å²) in [5, 5.41) is 7.49. The molecule has 9 heteroatoms. The first-order chi connectivity index (χ1) is 16.2. The van der Waals surface area contributed by atoms with E-state index < -0.39 is 0 Å². The molecule has 4 fully saturated rings. The number of piperidine rings is 1. The van der Waals surface area contributed by atoms with Crippen LogP contribution in [0.1, 0.15) is 44.9 Å². The molecule has 2 bridgehead atoms. The smallest absolute Gasteiger partial charge is 0.258 e. The van der Waals surface area contributed by atoms with Crippen LogP contribution in [0.5, 0.6) is 5.75 Å². The van der Waals surface area contributed by atoms with Crippen LogP contribution in [0, 0.1) is 11.8 Å². The first-order valence-electron chi connectivity index (χ1n) is 12.1. The average Bonchev–Trinajstić information content (AvgIpc) is 2.81. The number of likely N-dealkylation sites (tertiary alicyclic amines) is 1. The minimum absolute atomic E-state index is 0.0001000. The summed E-state index contributed by atoms with van der Waals surface area (Å²) in [6.45, 7) is 2.39. The number of benzene rings is 1. The average molecular weight is 512 g/mol. The Morgan fingerprint density at radius 3 is 2.29 bits per heavy atom. The van der Waals surface area contributed by atoms with E-state index in [-0.39, 0.29) is 35.4 Å². The van der Waals surface area contributed by atoms with Gasteiger partial charge in [-0.2, -0.15) is 0 Å². The molecule has 7 nitrogen and oxygen atoms in total. The molecule has 1 aliphatic heterocycles. The lowest BCUT2D eigenvalue weighted by Crippen LogP contribution is -2.65. The predicted molar refractivity (Wildman–Crippen MR) is 132 cm³/mol. The van der Waals surface area contributed by atoms with Crippen molar-refractivity contribution in [3.63, 3.8) is 0 Å². The molecule has 1 aromatic carbocycles. The molecule has 2 atom stereocenters. The largest absolute Gasteiger partial charge is 0.484 e. The van der Waals surface area contributed by atoms with Crippen molar-refractivity contribution in [3.05, 3.63) is 28.2 Å². The monoisotopic (exact) mass is 511 g/mol. The van der Waals surface area contributed by atoms with E-state index in [0.29, 0.717) is 28.3 Å². The molecule has 188 valence electrons. The van der Waals surface area contributed by atoms with Crippen molar-refractivity contribution in [2.24, 2.45) is 11.8 Å². The van der Waals surface area contributed by atoms with Gasteiger partial charge in [-0.15, -0.1) is 0 Å². The molecule has 3 saturated carbocycles. The lowest BCUT2D eigenvalue weighted by molar-refractivity contribution is -0.133. The third kappa shape index (κ3) is 5.99. The maximum absolute atomic E-state index is 13.2. The minimum atomic E-state index is -0.209. The summed E-state index contributed by atoms with van der Waals surface area (Å²) in [7, 11) is 3.79. The first kappa shape index (κ1) is 25.5. The number of methoxy groups -OCH3 is 1. The number of carbonyl (C=O) groups excluding carboxylic acids is 2. The summed E-state index contributed by atoms with van der Waals surface area (Å²) in [5.74, 6) is 0.931. The number of amides is 2. The molecule has 1 aromatic rings. The lowest BCUT2D eigenvalue weighted by atomic mass is 9.61. The van der Waals surface area contributed by atoms with Crippen molar-refractivity contribution in [1.29, 1.82) is 0 Å². The quantitative estimate of drug-likeness (QED) is 0.556. The number of hydrogen-bond donors (Lipinski definition) is 2. The van der Waals surface area contributed by atoms with Crippen LogP contribution in [0.15, 0.2) is 18.2 Å². The number of carbonyl (C=O) groups is 2. The SMILES string of the molecule is COCC1CC(C(=O)NC23CCC(NC(=O)COc4ccc(Cl)c(Cl)c4)(CC2)CC3)CN(C)C1. The van der Waals surface area contributed by atoms with Gasteiger partial charge < -0.3 is 25.0 Å². The number of nitrogens with one attached hydrogen (secondary N) is 2. The van der Waals surface area contributed by atoms with Gasteiger partial charge in [-0.25, -0.2) is 0 Å². The zero-order chi connectivity index (χ0) is 24.3. The Morgan fingerprint density at radius 1 is 1.03 bits per heavy atom. The predicted octanol–water partition coefficient (Wildman–Crippen LogP) is 3.66. The van der Waals surface area contributed by atoms with Crippen molar-refractivity contribution in [2.45, 2.75) is 56.0 Å². The summed E-state index contributed by atoms with van der Waals surface area (Å²) in [5.41, 5.74) is -0.355. The van der Waals surface area contributed by atoms with Gasteiger partial charge >= 0.3 is 0 Å². The van der Waals surface area contributed by atoms with Crippen LogP contribution >= 0.6 is 23.2 Å². The van der Waals surface area contributed by atoms with Crippen molar-refractivity contribution >= 4 is 35.0 Å². The Labute approximate surface area is 211 Å². The Kier molecular flexibility index (Phi) is 7.97. The second kappa shape index (κ2) is 10.6. The molecular formula is C25H35Cl2N3O4. The van der Waals surface area contributed by atoms with Crippen LogP contribution in [0.25, 0.3) is 0 Å². The topological polar surface area (TPSA) is 79.9 Å². The van der Waals surface area contributed by atoms with Gasteiger partial charge in [0.25, 0.3) is 5.91 Å². The van der Waals surface area contributed by atoms with E-state index in [9.17, 15) is 9.59 Å². The minimum Gasteiger partial charge on any atom is -0.484 e. The lowest BCUT2D eigenvalue weighted by Gasteiger charge is -2.54. The molecule has 1 saturated heterocycles. The fourth-order valence-corrected chi connectivity index (χ4v) is 6.25. The Morgan fingerprint density at radius 2 is 1.68 bits per heavy atom. The van der Waals surface area contributed by atoms with E-state index in [4.69, 9.17) is 32.7 Å². The molecule has 0 spiro atoms. The number of nitrogens with zero attached hydrogens (tertiary/aromatic N) is 1. The number of fused-ring (bicyclic) bond motifs is 3. The fourth-order valence-electron chi connectivity index (χ4n) is 5.96. The third-order valence-electron chi connectivity index (χ3n) is 7.79. The normalized spacial score (nSPS) is 31.2. The highest BCUT2D eigenvalue weighted by Gasteiger charge is 2.50. The van der Waals surface area contributed by atoms with Gasteiger partial charge in [-0.3, -0.25) is 9.59 Å². The molecule has 4 aliphatic rings. The zero-order valence-electron chi connectivity index (χ0n) is 20.0. The standard InChI is InChI=1S/C25H35Cl2N3O4/c1-30-13-17(15-33-2)11-18(14-30)23(32)29-25-8-5-24(6-9-25,7-10-25)28-22(31)16-34-19-3-4-20(26)21(27)12-19/h3-4,12,17-18H,5-11,13-16H2,1-2H3,(H,28,31)(H,29,32). The second-order valence-corrected chi connectivity index (χ2v) is 11.3. The molecule has 2 amide bonds. The number of ether oxygens (including phenoxy) is 2. The Hall–Kier alpha value is -1.54. The molecule has 0 aromatic heterocycles. The summed E-state index contributed by atoms with van der Waals surface area (Å²) < 4.78 is 10.9. The molecule has 0 radical (unpaired) electrons. The van der Waals surface area contributed by atoms with Crippen LogP contribution in [0.4, 0.5) is 0 Å². The first-order valence-corrected chi connectivity index (χ1v) is 12.9. The molecule has 1 heterocycles. The van der Waals surface area contributed by atoms with Crippen LogP contribution in [0.2, 0.25) is 10.0 Å². The van der Waals surface area contributed by atoms with Crippen molar-refractivity contribution in [1.82, 2.24) is 15.5 Å². The van der Waals surface area contributed by atoms with Gasteiger partial charge in [-0.1, -0.05) is 23.2 Å². The third-order valence-corrected chi connectivity index (χ3v) is 8.53. The second-order valence-electron chi connectivity index (χ2n) is 10.4. The highest BCUT2D eigenvalue weighted by atomic mass is 35.5. The summed E-state index contributed by atoms with van der Waals surface area (Å²) >= 11 is 11.9. The Bertz CT molecular complexity index is 888. The van der Waals surface area contributed by atoms with E-state index in [1.807, 2.05) is 0 Å². The van der Waals surface area contributed by atoms with Crippen LogP contribution < -0.4 is 15.4 Å². The van der Waals surface area contributed by atoms with Gasteiger partial charge in [0, 0.05) is 37.3 Å².